The molecule has 0 fully saturated rings. The predicted molar refractivity (Wildman–Crippen MR) is 128 cm³/mol. The molecular weight excluding hydrogens is 463 g/mol. The molecule has 6 heteroatoms. The Morgan fingerprint density at radius 1 is 0.964 bits per heavy atom. The fourth-order valence-corrected chi connectivity index (χ4v) is 2.74. The van der Waals surface area contributed by atoms with Crippen LogP contribution in [-0.4, -0.2) is 32.0 Å². The Labute approximate surface area is 185 Å². The van der Waals surface area contributed by atoms with E-state index in [-0.39, 0.29) is 35.3 Å². The lowest BCUT2D eigenvalue weighted by Gasteiger charge is -2.26. The van der Waals surface area contributed by atoms with E-state index in [9.17, 15) is 4.79 Å². The highest BCUT2D eigenvalue weighted by Gasteiger charge is 2.20. The number of hydrogen-bond acceptors (Lipinski definition) is 2. The molecule has 2 aromatic carbocycles. The van der Waals surface area contributed by atoms with Crippen molar-refractivity contribution in [3.05, 3.63) is 71.3 Å². The number of hydrogen-bond donors (Lipinski definition) is 3. The van der Waals surface area contributed by atoms with Crippen LogP contribution in [-0.2, 0) is 12.0 Å². The highest BCUT2D eigenvalue weighted by atomic mass is 127. The molecule has 0 atom stereocenters. The van der Waals surface area contributed by atoms with Crippen LogP contribution in [0.25, 0.3) is 0 Å². The van der Waals surface area contributed by atoms with Crippen molar-refractivity contribution in [2.45, 2.75) is 32.7 Å². The van der Waals surface area contributed by atoms with Gasteiger partial charge in [-0.05, 0) is 30.2 Å². The number of nitrogens with zero attached hydrogens (tertiary/aromatic N) is 1. The zero-order valence-electron chi connectivity index (χ0n) is 17.1. The van der Waals surface area contributed by atoms with E-state index in [0.29, 0.717) is 18.7 Å². The molecule has 0 aliphatic heterocycles. The Morgan fingerprint density at radius 3 is 2.18 bits per heavy atom. The Kier molecular flexibility index (Phi) is 9.99. The van der Waals surface area contributed by atoms with Gasteiger partial charge in [0.05, 0.1) is 0 Å². The van der Waals surface area contributed by atoms with Crippen LogP contribution in [0.3, 0.4) is 0 Å². The van der Waals surface area contributed by atoms with Gasteiger partial charge in [-0.3, -0.25) is 9.79 Å². The summed E-state index contributed by atoms with van der Waals surface area (Å²) in [4.78, 5) is 16.1. The van der Waals surface area contributed by atoms with Crippen LogP contribution in [0.1, 0.15) is 42.3 Å². The Morgan fingerprint density at radius 2 is 1.61 bits per heavy atom. The molecule has 152 valence electrons. The van der Waals surface area contributed by atoms with Gasteiger partial charge in [-0.1, -0.05) is 56.3 Å². The van der Waals surface area contributed by atoms with E-state index in [1.165, 1.54) is 5.56 Å². The van der Waals surface area contributed by atoms with Crippen LogP contribution in [0.4, 0.5) is 0 Å². The summed E-state index contributed by atoms with van der Waals surface area (Å²) in [6.45, 7) is 8.37. The summed E-state index contributed by atoms with van der Waals surface area (Å²) in [6.07, 6.45) is 0. The largest absolute Gasteiger partial charge is 0.356 e. The van der Waals surface area contributed by atoms with Gasteiger partial charge in [-0.15, -0.1) is 24.0 Å². The highest BCUT2D eigenvalue weighted by molar-refractivity contribution is 14.0. The average molecular weight is 494 g/mol. The summed E-state index contributed by atoms with van der Waals surface area (Å²) < 4.78 is 0. The Hall–Kier alpha value is -2.09. The molecule has 1 amide bonds. The van der Waals surface area contributed by atoms with Crippen molar-refractivity contribution >= 4 is 35.8 Å². The van der Waals surface area contributed by atoms with Crippen LogP contribution < -0.4 is 16.0 Å². The quantitative estimate of drug-likeness (QED) is 0.313. The maximum absolute atomic E-state index is 11.8. The van der Waals surface area contributed by atoms with Gasteiger partial charge < -0.3 is 16.0 Å². The molecule has 2 aromatic rings. The minimum atomic E-state index is -0.0439. The number of benzene rings is 2. The van der Waals surface area contributed by atoms with E-state index in [4.69, 9.17) is 0 Å². The lowest BCUT2D eigenvalue weighted by atomic mass is 9.85. The van der Waals surface area contributed by atoms with E-state index in [1.54, 1.807) is 7.05 Å². The number of rotatable bonds is 7. The molecule has 0 unspecified atom stereocenters. The summed E-state index contributed by atoms with van der Waals surface area (Å²) in [6, 6.07) is 18.1. The first kappa shape index (κ1) is 23.9. The first-order valence-corrected chi connectivity index (χ1v) is 9.33. The average Bonchev–Trinajstić information content (AvgIpc) is 2.69. The van der Waals surface area contributed by atoms with Crippen molar-refractivity contribution in [2.24, 2.45) is 4.99 Å². The number of halogens is 1. The van der Waals surface area contributed by atoms with E-state index in [0.717, 1.165) is 18.1 Å². The molecule has 28 heavy (non-hydrogen) atoms. The molecule has 0 aromatic heterocycles. The van der Waals surface area contributed by atoms with E-state index >= 15 is 0 Å². The normalized spacial score (nSPS) is 11.4. The molecule has 0 saturated carbocycles. The smallest absolute Gasteiger partial charge is 0.251 e. The molecule has 0 heterocycles. The van der Waals surface area contributed by atoms with Crippen LogP contribution in [0.15, 0.2) is 59.6 Å². The fraction of sp³-hybridized carbons (Fsp3) is 0.364. The van der Waals surface area contributed by atoms with Crippen molar-refractivity contribution in [1.82, 2.24) is 16.0 Å². The summed E-state index contributed by atoms with van der Waals surface area (Å²) in [7, 11) is 1.77. The molecule has 0 bridgehead atoms. The van der Waals surface area contributed by atoms with Gasteiger partial charge in [0.2, 0.25) is 0 Å². The molecule has 0 radical (unpaired) electrons. The van der Waals surface area contributed by atoms with Crippen LogP contribution in [0, 0.1) is 0 Å². The van der Waals surface area contributed by atoms with Crippen molar-refractivity contribution < 1.29 is 4.79 Å². The molecule has 0 saturated heterocycles. The molecule has 5 nitrogen and oxygen atoms in total. The zero-order valence-corrected chi connectivity index (χ0v) is 19.4. The topological polar surface area (TPSA) is 65.5 Å². The number of amides is 1. The number of carbonyl (C=O) groups excluding carboxylic acids is 1. The van der Waals surface area contributed by atoms with Crippen molar-refractivity contribution in [2.75, 3.05) is 20.1 Å². The first-order valence-electron chi connectivity index (χ1n) is 9.33. The van der Waals surface area contributed by atoms with Gasteiger partial charge in [0.25, 0.3) is 5.91 Å². The third kappa shape index (κ3) is 7.14. The third-order valence-electron chi connectivity index (χ3n) is 4.49. The van der Waals surface area contributed by atoms with Gasteiger partial charge in [0, 0.05) is 37.7 Å². The predicted octanol–water partition coefficient (Wildman–Crippen LogP) is 3.70. The maximum atomic E-state index is 11.8. The SMILES string of the molecule is CCNC(=O)c1ccc(CNC(=NC)NCC(C)(C)c2ccccc2)cc1.I. The van der Waals surface area contributed by atoms with Gasteiger partial charge >= 0.3 is 0 Å². The standard InChI is InChI=1S/C22H30N4O.HI/c1-5-24-20(27)18-13-11-17(12-14-18)15-25-21(23-4)26-16-22(2,3)19-9-7-6-8-10-19;/h6-14H,5,15-16H2,1-4H3,(H,24,27)(H2,23,25,26);1H. The van der Waals surface area contributed by atoms with Gasteiger partial charge in [0.1, 0.15) is 0 Å². The van der Waals surface area contributed by atoms with E-state index in [1.807, 2.05) is 37.3 Å². The highest BCUT2D eigenvalue weighted by Crippen LogP contribution is 2.21. The summed E-state index contributed by atoms with van der Waals surface area (Å²) in [5, 5.41) is 9.52. The Bertz CT molecular complexity index is 758. The number of aliphatic imine (C=N–C) groups is 1. The molecule has 0 aliphatic carbocycles. The zero-order chi connectivity index (χ0) is 19.7. The lowest BCUT2D eigenvalue weighted by Crippen LogP contribution is -2.43. The summed E-state index contributed by atoms with van der Waals surface area (Å²) in [5.74, 6) is 0.712. The number of nitrogens with one attached hydrogen (secondary N) is 3. The summed E-state index contributed by atoms with van der Waals surface area (Å²) >= 11 is 0. The Balaban J connectivity index is 0.00000392. The second-order valence-corrected chi connectivity index (χ2v) is 7.09. The maximum Gasteiger partial charge on any atom is 0.251 e. The second-order valence-electron chi connectivity index (χ2n) is 7.09. The molecular formula is C22H31IN4O. The van der Waals surface area contributed by atoms with Crippen molar-refractivity contribution in [3.63, 3.8) is 0 Å². The van der Waals surface area contributed by atoms with Crippen LogP contribution >= 0.6 is 24.0 Å². The monoisotopic (exact) mass is 494 g/mol. The van der Waals surface area contributed by atoms with E-state index < -0.39 is 0 Å². The van der Waals surface area contributed by atoms with Crippen molar-refractivity contribution in [3.8, 4) is 0 Å². The minimum absolute atomic E-state index is 0. The van der Waals surface area contributed by atoms with Crippen LogP contribution in [0.5, 0.6) is 0 Å². The van der Waals surface area contributed by atoms with Crippen molar-refractivity contribution in [1.29, 1.82) is 0 Å². The third-order valence-corrected chi connectivity index (χ3v) is 4.49. The number of guanidine groups is 1. The minimum Gasteiger partial charge on any atom is -0.356 e. The second kappa shape index (κ2) is 11.7. The summed E-state index contributed by atoms with van der Waals surface area (Å²) in [5.41, 5.74) is 3.04. The molecule has 3 N–H and O–H groups in total. The number of carbonyl (C=O) groups is 1. The fourth-order valence-electron chi connectivity index (χ4n) is 2.74. The van der Waals surface area contributed by atoms with Gasteiger partial charge in [-0.2, -0.15) is 0 Å². The molecule has 2 rings (SSSR count). The van der Waals surface area contributed by atoms with E-state index in [2.05, 4.69) is 59.1 Å². The van der Waals surface area contributed by atoms with Gasteiger partial charge in [0.15, 0.2) is 5.96 Å². The molecule has 0 spiro atoms. The van der Waals surface area contributed by atoms with Gasteiger partial charge in [-0.25, -0.2) is 0 Å². The first-order chi connectivity index (χ1) is 13.0. The van der Waals surface area contributed by atoms with Crippen LogP contribution in [0.2, 0.25) is 0 Å². The molecule has 0 aliphatic rings. The lowest BCUT2D eigenvalue weighted by molar-refractivity contribution is 0.0956.